The Bertz CT molecular complexity index is 91.1. The van der Waals surface area contributed by atoms with Crippen molar-refractivity contribution in [1.82, 2.24) is 0 Å². The Balaban J connectivity index is 2.94. The highest BCUT2D eigenvalue weighted by Crippen LogP contribution is 1.80. The molecule has 0 aliphatic carbocycles. The van der Waals surface area contributed by atoms with E-state index in [1.54, 1.807) is 6.21 Å². The van der Waals surface area contributed by atoms with Crippen LogP contribution in [-0.4, -0.2) is 19.1 Å². The first kappa shape index (κ1) is 8.14. The third kappa shape index (κ3) is 7.14. The standard InChI is InChI=1S/C6H11NO2/c1-2-3-4-7-9-6-5-8/h4-5H,2-3,6H2,1H3/b7-4+. The first-order valence-electron chi connectivity index (χ1n) is 2.99. The van der Waals surface area contributed by atoms with Gasteiger partial charge in [0.2, 0.25) is 0 Å². The van der Waals surface area contributed by atoms with E-state index in [1.807, 2.05) is 6.92 Å². The lowest BCUT2D eigenvalue weighted by atomic mass is 10.4. The van der Waals surface area contributed by atoms with Crippen LogP contribution in [-0.2, 0) is 9.63 Å². The number of aldehydes is 1. The van der Waals surface area contributed by atoms with Crippen molar-refractivity contribution in [3.05, 3.63) is 0 Å². The predicted molar refractivity (Wildman–Crippen MR) is 35.4 cm³/mol. The van der Waals surface area contributed by atoms with Gasteiger partial charge in [-0.15, -0.1) is 0 Å². The van der Waals surface area contributed by atoms with Crippen molar-refractivity contribution in [3.8, 4) is 0 Å². The monoisotopic (exact) mass is 129 g/mol. The molecule has 0 fully saturated rings. The van der Waals surface area contributed by atoms with E-state index in [-0.39, 0.29) is 6.61 Å². The molecule has 3 nitrogen and oxygen atoms in total. The Hall–Kier alpha value is -0.860. The molecule has 0 spiro atoms. The molecule has 0 heterocycles. The average molecular weight is 129 g/mol. The fourth-order valence-electron chi connectivity index (χ4n) is 0.308. The molecule has 0 aliphatic heterocycles. The zero-order chi connectivity index (χ0) is 6.95. The number of rotatable bonds is 5. The lowest BCUT2D eigenvalue weighted by molar-refractivity contribution is -0.111. The maximum atomic E-state index is 9.64. The van der Waals surface area contributed by atoms with Crippen LogP contribution in [0.4, 0.5) is 0 Å². The fourth-order valence-corrected chi connectivity index (χ4v) is 0.308. The maximum absolute atomic E-state index is 9.64. The third-order valence-corrected chi connectivity index (χ3v) is 0.709. The molecule has 0 saturated heterocycles. The molecule has 0 N–H and O–H groups in total. The largest absolute Gasteiger partial charge is 0.388 e. The molecule has 0 aromatic heterocycles. The first-order chi connectivity index (χ1) is 4.41. The highest BCUT2D eigenvalue weighted by atomic mass is 16.6. The molecule has 0 rings (SSSR count). The smallest absolute Gasteiger partial charge is 0.172 e. The number of nitrogens with zero attached hydrogens (tertiary/aromatic N) is 1. The number of carbonyl (C=O) groups excluding carboxylic acids is 1. The second kappa shape index (κ2) is 7.14. The van der Waals surface area contributed by atoms with E-state index in [9.17, 15) is 4.79 Å². The Labute approximate surface area is 54.7 Å². The Morgan fingerprint density at radius 1 is 1.67 bits per heavy atom. The molecule has 0 atom stereocenters. The van der Waals surface area contributed by atoms with Crippen molar-refractivity contribution >= 4 is 12.5 Å². The number of carbonyl (C=O) groups is 1. The third-order valence-electron chi connectivity index (χ3n) is 0.709. The van der Waals surface area contributed by atoms with Crippen LogP contribution in [0.2, 0.25) is 0 Å². The van der Waals surface area contributed by atoms with Crippen molar-refractivity contribution in [2.45, 2.75) is 19.8 Å². The summed E-state index contributed by atoms with van der Waals surface area (Å²) in [7, 11) is 0. The van der Waals surface area contributed by atoms with Crippen molar-refractivity contribution < 1.29 is 9.63 Å². The highest BCUT2D eigenvalue weighted by molar-refractivity contribution is 5.56. The molecule has 0 radical (unpaired) electrons. The molecule has 3 heteroatoms. The topological polar surface area (TPSA) is 38.7 Å². The maximum Gasteiger partial charge on any atom is 0.172 e. The zero-order valence-corrected chi connectivity index (χ0v) is 5.54. The average Bonchev–Trinajstić information content (AvgIpc) is 1.89. The summed E-state index contributed by atoms with van der Waals surface area (Å²) >= 11 is 0. The zero-order valence-electron chi connectivity index (χ0n) is 5.54. The fraction of sp³-hybridized carbons (Fsp3) is 0.667. The molecule has 0 aliphatic rings. The van der Waals surface area contributed by atoms with Gasteiger partial charge in [-0.1, -0.05) is 18.5 Å². The van der Waals surface area contributed by atoms with E-state index in [1.165, 1.54) is 0 Å². The van der Waals surface area contributed by atoms with Crippen LogP contribution < -0.4 is 0 Å². The van der Waals surface area contributed by atoms with Gasteiger partial charge in [0, 0.05) is 6.21 Å². The van der Waals surface area contributed by atoms with Crippen molar-refractivity contribution in [2.24, 2.45) is 5.16 Å². The van der Waals surface area contributed by atoms with Crippen LogP contribution in [0.25, 0.3) is 0 Å². The van der Waals surface area contributed by atoms with Crippen LogP contribution in [0.1, 0.15) is 19.8 Å². The molecule has 52 valence electrons. The Morgan fingerprint density at radius 2 is 2.44 bits per heavy atom. The van der Waals surface area contributed by atoms with Crippen molar-refractivity contribution in [1.29, 1.82) is 0 Å². The van der Waals surface area contributed by atoms with Gasteiger partial charge in [0.25, 0.3) is 0 Å². The van der Waals surface area contributed by atoms with Crippen LogP contribution >= 0.6 is 0 Å². The SMILES string of the molecule is CCC/C=N/OCC=O. The van der Waals surface area contributed by atoms with Gasteiger partial charge < -0.3 is 4.84 Å². The summed E-state index contributed by atoms with van der Waals surface area (Å²) in [6.07, 6.45) is 4.28. The minimum Gasteiger partial charge on any atom is -0.388 e. The van der Waals surface area contributed by atoms with E-state index in [2.05, 4.69) is 9.99 Å². The van der Waals surface area contributed by atoms with Crippen molar-refractivity contribution in [2.75, 3.05) is 6.61 Å². The Kier molecular flexibility index (Phi) is 6.46. The van der Waals surface area contributed by atoms with Gasteiger partial charge in [-0.25, -0.2) is 0 Å². The van der Waals surface area contributed by atoms with Gasteiger partial charge in [0.05, 0.1) is 0 Å². The van der Waals surface area contributed by atoms with Gasteiger partial charge in [-0.2, -0.15) is 0 Å². The van der Waals surface area contributed by atoms with Gasteiger partial charge in [-0.3, -0.25) is 4.79 Å². The quantitative estimate of drug-likeness (QED) is 0.240. The first-order valence-corrected chi connectivity index (χ1v) is 2.99. The molecule has 9 heavy (non-hydrogen) atoms. The molecular formula is C6H11NO2. The van der Waals surface area contributed by atoms with Crippen LogP contribution in [0.5, 0.6) is 0 Å². The van der Waals surface area contributed by atoms with Gasteiger partial charge in [0.15, 0.2) is 12.9 Å². The summed E-state index contributed by atoms with van der Waals surface area (Å²) in [5, 5.41) is 3.49. The minimum absolute atomic E-state index is 0.0558. The summed E-state index contributed by atoms with van der Waals surface area (Å²) in [5.41, 5.74) is 0. The van der Waals surface area contributed by atoms with Crippen LogP contribution in [0, 0.1) is 0 Å². The highest BCUT2D eigenvalue weighted by Gasteiger charge is 1.75. The van der Waals surface area contributed by atoms with Gasteiger partial charge in [0.1, 0.15) is 0 Å². The summed E-state index contributed by atoms with van der Waals surface area (Å²) in [4.78, 5) is 14.1. The molecule has 0 bridgehead atoms. The van der Waals surface area contributed by atoms with E-state index < -0.39 is 0 Å². The molecule has 0 saturated carbocycles. The van der Waals surface area contributed by atoms with Crippen LogP contribution in [0.3, 0.4) is 0 Å². The molecule has 0 amide bonds. The van der Waals surface area contributed by atoms with E-state index in [0.717, 1.165) is 12.8 Å². The molecule has 0 aromatic carbocycles. The molecule has 0 aromatic rings. The predicted octanol–water partition coefficient (Wildman–Crippen LogP) is 0.988. The lowest BCUT2D eigenvalue weighted by Crippen LogP contribution is -1.87. The van der Waals surface area contributed by atoms with E-state index >= 15 is 0 Å². The lowest BCUT2D eigenvalue weighted by Gasteiger charge is -1.87. The Morgan fingerprint density at radius 3 is 3.00 bits per heavy atom. The summed E-state index contributed by atoms with van der Waals surface area (Å²) in [5.74, 6) is 0. The number of hydrogen-bond acceptors (Lipinski definition) is 3. The number of unbranched alkanes of at least 4 members (excludes halogenated alkanes) is 1. The van der Waals surface area contributed by atoms with Crippen LogP contribution in [0.15, 0.2) is 5.16 Å². The van der Waals surface area contributed by atoms with E-state index in [4.69, 9.17) is 0 Å². The minimum atomic E-state index is 0.0558. The summed E-state index contributed by atoms with van der Waals surface area (Å²) < 4.78 is 0. The molecular weight excluding hydrogens is 118 g/mol. The normalized spacial score (nSPS) is 9.89. The number of oxime groups is 1. The molecule has 0 unspecified atom stereocenters. The van der Waals surface area contributed by atoms with E-state index in [0.29, 0.717) is 6.29 Å². The van der Waals surface area contributed by atoms with Gasteiger partial charge in [-0.05, 0) is 6.42 Å². The second-order valence-corrected chi connectivity index (χ2v) is 1.54. The summed E-state index contributed by atoms with van der Waals surface area (Å²) in [6.45, 7) is 2.10. The van der Waals surface area contributed by atoms with Gasteiger partial charge >= 0.3 is 0 Å². The number of hydrogen-bond donors (Lipinski definition) is 0. The summed E-state index contributed by atoms with van der Waals surface area (Å²) in [6, 6.07) is 0. The van der Waals surface area contributed by atoms with Crippen molar-refractivity contribution in [3.63, 3.8) is 0 Å². The second-order valence-electron chi connectivity index (χ2n) is 1.54.